The van der Waals surface area contributed by atoms with E-state index in [-0.39, 0.29) is 18.0 Å². The van der Waals surface area contributed by atoms with Crippen molar-refractivity contribution < 1.29 is 19.1 Å². The van der Waals surface area contributed by atoms with Crippen molar-refractivity contribution in [2.45, 2.75) is 38.5 Å². The van der Waals surface area contributed by atoms with Gasteiger partial charge in [0.05, 0.1) is 24.8 Å². The predicted octanol–water partition coefficient (Wildman–Crippen LogP) is 1.73. The zero-order valence-corrected chi connectivity index (χ0v) is 13.3. The van der Waals surface area contributed by atoms with Crippen LogP contribution in [0.15, 0.2) is 28.7 Å². The fraction of sp³-hybridized carbons (Fsp3) is 0.471. The quantitative estimate of drug-likeness (QED) is 0.782. The number of hydrogen-bond acceptors (Lipinski definition) is 5. The Labute approximate surface area is 134 Å². The van der Waals surface area contributed by atoms with Crippen LogP contribution in [0.25, 0.3) is 11.0 Å². The lowest BCUT2D eigenvalue weighted by Gasteiger charge is -2.15. The van der Waals surface area contributed by atoms with Crippen molar-refractivity contribution in [2.75, 3.05) is 13.2 Å². The standard InChI is InChI=1S/C17H22N2O4/c1-3-22-14-6-4-5-11-7-15(23-16(11)14)10(2)19-17(21)13-8-12(20)9-18-13/h4-7,10,12-13,18,20H,3,8-9H2,1-2H3,(H,19,21)/t10-,12+,13-/m0/s1. The summed E-state index contributed by atoms with van der Waals surface area (Å²) in [5.41, 5.74) is 0.694. The molecule has 0 aliphatic carbocycles. The van der Waals surface area contributed by atoms with Gasteiger partial charge in [-0.2, -0.15) is 0 Å². The van der Waals surface area contributed by atoms with E-state index in [0.717, 1.165) is 5.39 Å². The number of β-amino-alcohol motifs (C(OH)–C–C–N with tert-alkyl or cyclic N) is 1. The van der Waals surface area contributed by atoms with Crippen LogP contribution >= 0.6 is 0 Å². The van der Waals surface area contributed by atoms with Gasteiger partial charge in [0.1, 0.15) is 5.76 Å². The molecule has 0 unspecified atom stereocenters. The summed E-state index contributed by atoms with van der Waals surface area (Å²) in [4.78, 5) is 12.2. The molecule has 124 valence electrons. The second-order valence-electron chi connectivity index (χ2n) is 5.84. The third-order valence-electron chi connectivity index (χ3n) is 4.04. The van der Waals surface area contributed by atoms with Gasteiger partial charge in [0, 0.05) is 11.9 Å². The van der Waals surface area contributed by atoms with Gasteiger partial charge < -0.3 is 24.9 Å². The SMILES string of the molecule is CCOc1cccc2cc([C@H](C)NC(=O)[C@@H]3C[C@@H](O)CN3)oc12. The van der Waals surface area contributed by atoms with Gasteiger partial charge in [-0.3, -0.25) is 4.79 Å². The maximum Gasteiger partial charge on any atom is 0.237 e. The fourth-order valence-corrected chi connectivity index (χ4v) is 2.84. The number of nitrogens with one attached hydrogen (secondary N) is 2. The molecule has 3 rings (SSSR count). The summed E-state index contributed by atoms with van der Waals surface area (Å²) < 4.78 is 11.5. The van der Waals surface area contributed by atoms with Gasteiger partial charge in [0.15, 0.2) is 11.3 Å². The summed E-state index contributed by atoms with van der Waals surface area (Å²) >= 11 is 0. The highest BCUT2D eigenvalue weighted by Gasteiger charge is 2.29. The Bertz CT molecular complexity index is 697. The van der Waals surface area contributed by atoms with Crippen LogP contribution in [0.2, 0.25) is 0 Å². The number of carbonyl (C=O) groups is 1. The zero-order valence-electron chi connectivity index (χ0n) is 13.3. The molecule has 3 N–H and O–H groups in total. The van der Waals surface area contributed by atoms with Gasteiger partial charge in [0.25, 0.3) is 0 Å². The third kappa shape index (κ3) is 3.33. The lowest BCUT2D eigenvalue weighted by atomic mass is 10.1. The van der Waals surface area contributed by atoms with Gasteiger partial charge >= 0.3 is 0 Å². The van der Waals surface area contributed by atoms with Gasteiger partial charge in [-0.25, -0.2) is 0 Å². The molecule has 23 heavy (non-hydrogen) atoms. The summed E-state index contributed by atoms with van der Waals surface area (Å²) in [7, 11) is 0. The van der Waals surface area contributed by atoms with E-state index in [1.807, 2.05) is 38.1 Å². The first-order valence-electron chi connectivity index (χ1n) is 7.95. The Kier molecular flexibility index (Phi) is 4.54. The number of hydrogen-bond donors (Lipinski definition) is 3. The van der Waals surface area contributed by atoms with E-state index < -0.39 is 6.10 Å². The average molecular weight is 318 g/mol. The van der Waals surface area contributed by atoms with Crippen LogP contribution in [-0.4, -0.2) is 36.3 Å². The second-order valence-corrected chi connectivity index (χ2v) is 5.84. The molecule has 2 aromatic rings. The minimum atomic E-state index is -0.457. The molecule has 0 bridgehead atoms. The molecular weight excluding hydrogens is 296 g/mol. The lowest BCUT2D eigenvalue weighted by Crippen LogP contribution is -2.41. The first kappa shape index (κ1) is 15.8. The van der Waals surface area contributed by atoms with E-state index in [1.165, 1.54) is 0 Å². The highest BCUT2D eigenvalue weighted by Crippen LogP contribution is 2.31. The molecule has 6 heteroatoms. The predicted molar refractivity (Wildman–Crippen MR) is 86.4 cm³/mol. The normalized spacial score (nSPS) is 22.2. The number of furan rings is 1. The van der Waals surface area contributed by atoms with Crippen molar-refractivity contribution in [2.24, 2.45) is 0 Å². The number of aliphatic hydroxyl groups excluding tert-OH is 1. The smallest absolute Gasteiger partial charge is 0.237 e. The zero-order chi connectivity index (χ0) is 16.4. The van der Waals surface area contributed by atoms with Gasteiger partial charge in [-0.1, -0.05) is 12.1 Å². The molecule has 0 radical (unpaired) electrons. The Morgan fingerprint density at radius 3 is 3.09 bits per heavy atom. The van der Waals surface area contributed by atoms with Crippen molar-refractivity contribution in [1.29, 1.82) is 0 Å². The van der Waals surface area contributed by atoms with E-state index >= 15 is 0 Å². The maximum absolute atomic E-state index is 12.2. The number of aliphatic hydroxyl groups is 1. The molecular formula is C17H22N2O4. The number of benzene rings is 1. The third-order valence-corrected chi connectivity index (χ3v) is 4.04. The van der Waals surface area contributed by atoms with Gasteiger partial charge in [-0.15, -0.1) is 0 Å². The number of para-hydroxylation sites is 1. The topological polar surface area (TPSA) is 83.7 Å². The highest BCUT2D eigenvalue weighted by atomic mass is 16.5. The van der Waals surface area contributed by atoms with Crippen LogP contribution in [0.1, 0.15) is 32.1 Å². The molecule has 1 aliphatic rings. The number of carbonyl (C=O) groups excluding carboxylic acids is 1. The summed E-state index contributed by atoms with van der Waals surface area (Å²) in [6.07, 6.45) is -0.0197. The maximum atomic E-state index is 12.2. The van der Waals surface area contributed by atoms with E-state index in [0.29, 0.717) is 36.7 Å². The summed E-state index contributed by atoms with van der Waals surface area (Å²) in [5, 5.41) is 16.4. The monoisotopic (exact) mass is 318 g/mol. The average Bonchev–Trinajstić information content (AvgIpc) is 3.14. The summed E-state index contributed by atoms with van der Waals surface area (Å²) in [5.74, 6) is 1.26. The molecule has 1 aromatic carbocycles. The summed E-state index contributed by atoms with van der Waals surface area (Å²) in [6, 6.07) is 7.04. The van der Waals surface area contributed by atoms with Gasteiger partial charge in [0.2, 0.25) is 5.91 Å². The Morgan fingerprint density at radius 1 is 1.57 bits per heavy atom. The first-order valence-corrected chi connectivity index (χ1v) is 7.95. The minimum absolute atomic E-state index is 0.125. The van der Waals surface area contributed by atoms with Gasteiger partial charge in [-0.05, 0) is 32.4 Å². The largest absolute Gasteiger partial charge is 0.490 e. The Balaban J connectivity index is 1.74. The molecule has 0 saturated carbocycles. The van der Waals surface area contributed by atoms with Crippen LogP contribution in [0.4, 0.5) is 0 Å². The molecule has 3 atom stereocenters. The van der Waals surface area contributed by atoms with E-state index in [2.05, 4.69) is 10.6 Å². The van der Waals surface area contributed by atoms with Crippen LogP contribution in [-0.2, 0) is 4.79 Å². The molecule has 1 aromatic heterocycles. The van der Waals surface area contributed by atoms with E-state index in [1.54, 1.807) is 0 Å². The molecule has 1 amide bonds. The number of fused-ring (bicyclic) bond motifs is 1. The molecule has 1 aliphatic heterocycles. The van der Waals surface area contributed by atoms with Crippen molar-refractivity contribution in [1.82, 2.24) is 10.6 Å². The van der Waals surface area contributed by atoms with Crippen LogP contribution in [0.5, 0.6) is 5.75 Å². The van der Waals surface area contributed by atoms with Crippen LogP contribution in [0.3, 0.4) is 0 Å². The molecule has 1 saturated heterocycles. The van der Waals surface area contributed by atoms with Crippen LogP contribution in [0, 0.1) is 0 Å². The first-order chi connectivity index (χ1) is 11.1. The second kappa shape index (κ2) is 6.60. The van der Waals surface area contributed by atoms with Crippen molar-refractivity contribution in [3.05, 3.63) is 30.0 Å². The fourth-order valence-electron chi connectivity index (χ4n) is 2.84. The van der Waals surface area contributed by atoms with E-state index in [4.69, 9.17) is 9.15 Å². The lowest BCUT2D eigenvalue weighted by molar-refractivity contribution is -0.123. The number of ether oxygens (including phenoxy) is 1. The van der Waals surface area contributed by atoms with Crippen LogP contribution < -0.4 is 15.4 Å². The van der Waals surface area contributed by atoms with Crippen molar-refractivity contribution in [3.63, 3.8) is 0 Å². The van der Waals surface area contributed by atoms with E-state index in [9.17, 15) is 9.90 Å². The Hall–Kier alpha value is -2.05. The van der Waals surface area contributed by atoms with Crippen molar-refractivity contribution >= 4 is 16.9 Å². The summed E-state index contributed by atoms with van der Waals surface area (Å²) in [6.45, 7) is 4.82. The molecule has 6 nitrogen and oxygen atoms in total. The van der Waals surface area contributed by atoms with Crippen molar-refractivity contribution in [3.8, 4) is 5.75 Å². The number of rotatable bonds is 5. The number of amides is 1. The highest BCUT2D eigenvalue weighted by molar-refractivity contribution is 5.85. The Morgan fingerprint density at radius 2 is 2.39 bits per heavy atom. The minimum Gasteiger partial charge on any atom is -0.490 e. The molecule has 1 fully saturated rings. The molecule has 0 spiro atoms. The molecule has 2 heterocycles.